The molecule has 0 aliphatic carbocycles. The molecule has 1 fully saturated rings. The Morgan fingerprint density at radius 1 is 1.39 bits per heavy atom. The topological polar surface area (TPSA) is 52.6 Å². The summed E-state index contributed by atoms with van der Waals surface area (Å²) in [6.07, 6.45) is 2.92. The van der Waals surface area contributed by atoms with Crippen molar-refractivity contribution < 1.29 is 9.90 Å². The van der Waals surface area contributed by atoms with Crippen LogP contribution in [0.5, 0.6) is 0 Å². The van der Waals surface area contributed by atoms with Crippen LogP contribution >= 0.6 is 11.6 Å². The van der Waals surface area contributed by atoms with Gasteiger partial charge in [0, 0.05) is 17.3 Å². The van der Waals surface area contributed by atoms with Crippen LogP contribution in [0.15, 0.2) is 24.3 Å². The molecule has 0 unspecified atom stereocenters. The van der Waals surface area contributed by atoms with E-state index in [2.05, 4.69) is 5.32 Å². The standard InChI is InChI=1S/C13H17ClN2O2/c14-10-4-6-11(7-5-10)15-13(18)16-8-2-1-3-12(16)9-17/h4-7,12,17H,1-3,8-9H2,(H,15,18)/t12-/m0/s1. The molecule has 1 atom stereocenters. The third-order valence-corrected chi connectivity index (χ3v) is 3.45. The number of likely N-dealkylation sites (tertiary alicyclic amines) is 1. The lowest BCUT2D eigenvalue weighted by Gasteiger charge is -2.34. The molecule has 1 saturated heterocycles. The Balaban J connectivity index is 2.00. The van der Waals surface area contributed by atoms with Crippen LogP contribution in [0.1, 0.15) is 19.3 Å². The zero-order chi connectivity index (χ0) is 13.0. The molecule has 1 aromatic rings. The minimum Gasteiger partial charge on any atom is -0.394 e. The first-order valence-electron chi connectivity index (χ1n) is 6.15. The number of amides is 2. The van der Waals surface area contributed by atoms with E-state index in [1.807, 2.05) is 0 Å². The van der Waals surface area contributed by atoms with Gasteiger partial charge in [-0.3, -0.25) is 0 Å². The number of nitrogens with one attached hydrogen (secondary N) is 1. The van der Waals surface area contributed by atoms with Gasteiger partial charge in [-0.2, -0.15) is 0 Å². The summed E-state index contributed by atoms with van der Waals surface area (Å²) >= 11 is 5.79. The van der Waals surface area contributed by atoms with E-state index < -0.39 is 0 Å². The number of hydrogen-bond donors (Lipinski definition) is 2. The van der Waals surface area contributed by atoms with Crippen LogP contribution in [-0.4, -0.2) is 35.2 Å². The van der Waals surface area contributed by atoms with Crippen molar-refractivity contribution in [3.05, 3.63) is 29.3 Å². The molecule has 98 valence electrons. The van der Waals surface area contributed by atoms with E-state index in [0.717, 1.165) is 19.3 Å². The Morgan fingerprint density at radius 3 is 2.78 bits per heavy atom. The van der Waals surface area contributed by atoms with Gasteiger partial charge in [0.25, 0.3) is 0 Å². The number of benzene rings is 1. The molecule has 2 N–H and O–H groups in total. The maximum absolute atomic E-state index is 12.1. The first-order valence-corrected chi connectivity index (χ1v) is 6.52. The van der Waals surface area contributed by atoms with Crippen LogP contribution in [0.4, 0.5) is 10.5 Å². The summed E-state index contributed by atoms with van der Waals surface area (Å²) in [4.78, 5) is 13.8. The summed E-state index contributed by atoms with van der Waals surface area (Å²) in [5.74, 6) is 0. The number of carbonyl (C=O) groups excluding carboxylic acids is 1. The van der Waals surface area contributed by atoms with Crippen molar-refractivity contribution in [3.63, 3.8) is 0 Å². The zero-order valence-corrected chi connectivity index (χ0v) is 10.9. The summed E-state index contributed by atoms with van der Waals surface area (Å²) < 4.78 is 0. The number of anilines is 1. The number of urea groups is 1. The molecule has 1 heterocycles. The molecule has 0 bridgehead atoms. The molecule has 2 amide bonds. The number of aliphatic hydroxyl groups is 1. The van der Waals surface area contributed by atoms with Crippen LogP contribution in [0.3, 0.4) is 0 Å². The molecule has 5 heteroatoms. The second-order valence-electron chi connectivity index (χ2n) is 4.46. The molecular weight excluding hydrogens is 252 g/mol. The van der Waals surface area contributed by atoms with Gasteiger partial charge < -0.3 is 15.3 Å². The van der Waals surface area contributed by atoms with Crippen LogP contribution < -0.4 is 5.32 Å². The third-order valence-electron chi connectivity index (χ3n) is 3.19. The summed E-state index contributed by atoms with van der Waals surface area (Å²) in [5, 5.41) is 12.7. The smallest absolute Gasteiger partial charge is 0.322 e. The Labute approximate surface area is 112 Å². The number of piperidine rings is 1. The maximum Gasteiger partial charge on any atom is 0.322 e. The SMILES string of the molecule is O=C(Nc1ccc(Cl)cc1)N1CCCC[C@H]1CO. The number of halogens is 1. The number of carbonyl (C=O) groups is 1. The molecule has 2 rings (SSSR count). The fourth-order valence-corrected chi connectivity index (χ4v) is 2.31. The van der Waals surface area contributed by atoms with Crippen molar-refractivity contribution in [1.29, 1.82) is 0 Å². The summed E-state index contributed by atoms with van der Waals surface area (Å²) in [6, 6.07) is 6.77. The van der Waals surface area contributed by atoms with Gasteiger partial charge in [0.1, 0.15) is 0 Å². The average molecular weight is 269 g/mol. The van der Waals surface area contributed by atoms with E-state index in [9.17, 15) is 9.90 Å². The average Bonchev–Trinajstić information content (AvgIpc) is 2.41. The minimum absolute atomic E-state index is 0.0219. The predicted octanol–water partition coefficient (Wildman–Crippen LogP) is 2.72. The molecule has 1 aliphatic rings. The predicted molar refractivity (Wildman–Crippen MR) is 71.9 cm³/mol. The summed E-state index contributed by atoms with van der Waals surface area (Å²) in [6.45, 7) is 0.721. The minimum atomic E-state index is -0.156. The van der Waals surface area contributed by atoms with E-state index in [4.69, 9.17) is 11.6 Å². The van der Waals surface area contributed by atoms with Crippen LogP contribution in [-0.2, 0) is 0 Å². The van der Waals surface area contributed by atoms with E-state index in [1.54, 1.807) is 29.2 Å². The van der Waals surface area contributed by atoms with Crippen molar-refractivity contribution in [2.75, 3.05) is 18.5 Å². The second kappa shape index (κ2) is 6.07. The highest BCUT2D eigenvalue weighted by molar-refractivity contribution is 6.30. The largest absolute Gasteiger partial charge is 0.394 e. The molecule has 0 saturated carbocycles. The first-order chi connectivity index (χ1) is 8.70. The summed E-state index contributed by atoms with van der Waals surface area (Å²) in [5.41, 5.74) is 0.715. The lowest BCUT2D eigenvalue weighted by atomic mass is 10.0. The van der Waals surface area contributed by atoms with Crippen molar-refractivity contribution in [2.45, 2.75) is 25.3 Å². The fourth-order valence-electron chi connectivity index (χ4n) is 2.19. The Kier molecular flexibility index (Phi) is 4.44. The maximum atomic E-state index is 12.1. The van der Waals surface area contributed by atoms with Crippen molar-refractivity contribution >= 4 is 23.3 Å². The molecule has 4 nitrogen and oxygen atoms in total. The highest BCUT2D eigenvalue weighted by Gasteiger charge is 2.25. The highest BCUT2D eigenvalue weighted by Crippen LogP contribution is 2.19. The van der Waals surface area contributed by atoms with Crippen LogP contribution in [0.2, 0.25) is 5.02 Å². The van der Waals surface area contributed by atoms with Gasteiger partial charge in [0.15, 0.2) is 0 Å². The van der Waals surface area contributed by atoms with Crippen LogP contribution in [0.25, 0.3) is 0 Å². The van der Waals surface area contributed by atoms with E-state index in [0.29, 0.717) is 17.3 Å². The molecule has 18 heavy (non-hydrogen) atoms. The number of hydrogen-bond acceptors (Lipinski definition) is 2. The number of aliphatic hydroxyl groups excluding tert-OH is 1. The van der Waals surface area contributed by atoms with Gasteiger partial charge in [0.2, 0.25) is 0 Å². The first kappa shape index (κ1) is 13.2. The van der Waals surface area contributed by atoms with Gasteiger partial charge in [0.05, 0.1) is 12.6 Å². The molecule has 0 aromatic heterocycles. The molecular formula is C13H17ClN2O2. The number of nitrogens with zero attached hydrogens (tertiary/aromatic N) is 1. The summed E-state index contributed by atoms with van der Waals surface area (Å²) in [7, 11) is 0. The quantitative estimate of drug-likeness (QED) is 0.867. The van der Waals surface area contributed by atoms with Crippen molar-refractivity contribution in [3.8, 4) is 0 Å². The van der Waals surface area contributed by atoms with Crippen LogP contribution in [0, 0.1) is 0 Å². The van der Waals surface area contributed by atoms with Gasteiger partial charge in [-0.05, 0) is 43.5 Å². The molecule has 0 spiro atoms. The second-order valence-corrected chi connectivity index (χ2v) is 4.90. The molecule has 1 aromatic carbocycles. The monoisotopic (exact) mass is 268 g/mol. The molecule has 1 aliphatic heterocycles. The van der Waals surface area contributed by atoms with Crippen molar-refractivity contribution in [2.24, 2.45) is 0 Å². The van der Waals surface area contributed by atoms with E-state index >= 15 is 0 Å². The van der Waals surface area contributed by atoms with Gasteiger partial charge >= 0.3 is 6.03 Å². The molecule has 0 radical (unpaired) electrons. The Hall–Kier alpha value is -1.26. The highest BCUT2D eigenvalue weighted by atomic mass is 35.5. The lowest BCUT2D eigenvalue weighted by molar-refractivity contribution is 0.115. The van der Waals surface area contributed by atoms with E-state index in [-0.39, 0.29) is 18.7 Å². The Bertz CT molecular complexity index is 408. The van der Waals surface area contributed by atoms with Gasteiger partial charge in [-0.1, -0.05) is 11.6 Å². The van der Waals surface area contributed by atoms with Crippen molar-refractivity contribution in [1.82, 2.24) is 4.90 Å². The fraction of sp³-hybridized carbons (Fsp3) is 0.462. The number of rotatable bonds is 2. The lowest BCUT2D eigenvalue weighted by Crippen LogP contribution is -2.47. The normalized spacial score (nSPS) is 19.7. The van der Waals surface area contributed by atoms with E-state index in [1.165, 1.54) is 0 Å². The van der Waals surface area contributed by atoms with Gasteiger partial charge in [-0.25, -0.2) is 4.79 Å². The third kappa shape index (κ3) is 3.15. The zero-order valence-electron chi connectivity index (χ0n) is 10.1. The van der Waals surface area contributed by atoms with Gasteiger partial charge in [-0.15, -0.1) is 0 Å². The Morgan fingerprint density at radius 2 is 2.11 bits per heavy atom.